The quantitative estimate of drug-likeness (QED) is 0.587. The van der Waals surface area contributed by atoms with Crippen LogP contribution in [-0.4, -0.2) is 46.9 Å². The summed E-state index contributed by atoms with van der Waals surface area (Å²) in [6.07, 6.45) is 3.50. The maximum atomic E-state index is 7.88. The summed E-state index contributed by atoms with van der Waals surface area (Å²) in [5.41, 5.74) is 0. The summed E-state index contributed by atoms with van der Waals surface area (Å²) in [4.78, 5) is 0. The predicted octanol–water partition coefficient (Wildman–Crippen LogP) is 1.55. The molecule has 0 aromatic heterocycles. The van der Waals surface area contributed by atoms with Crippen LogP contribution in [0.15, 0.2) is 0 Å². The summed E-state index contributed by atoms with van der Waals surface area (Å²) in [5.74, 6) is 0. The summed E-state index contributed by atoms with van der Waals surface area (Å²) in [7, 11) is 0. The number of aliphatic hydroxyl groups excluding tert-OH is 4. The number of hydrogen-bond acceptors (Lipinski definition) is 4. The van der Waals surface area contributed by atoms with Crippen molar-refractivity contribution in [2.45, 2.75) is 53.4 Å². The van der Waals surface area contributed by atoms with Crippen LogP contribution in [0.3, 0.4) is 0 Å². The minimum absolute atomic E-state index is 0. The van der Waals surface area contributed by atoms with Gasteiger partial charge in [0.25, 0.3) is 0 Å². The molecule has 0 aromatic carbocycles. The largest absolute Gasteiger partial charge is 0.396 e. The van der Waals surface area contributed by atoms with Crippen LogP contribution in [-0.2, 0) is 43.4 Å². The second kappa shape index (κ2) is 63.4. The fourth-order valence-corrected chi connectivity index (χ4v) is 0. The van der Waals surface area contributed by atoms with Crippen molar-refractivity contribution >= 4 is 0 Å². The zero-order valence-electron chi connectivity index (χ0n) is 12.4. The summed E-state index contributed by atoms with van der Waals surface area (Å²) in [5, 5.41) is 31.5. The molecule has 0 saturated heterocycles. The fourth-order valence-electron chi connectivity index (χ4n) is 0. The Morgan fingerprint density at radius 2 is 0.500 bits per heavy atom. The SMILES string of the molecule is CCCO.CCCO.CCCO.CCCO.[Ti].[Ti]. The molecule has 0 atom stereocenters. The third kappa shape index (κ3) is 165. The molecule has 0 spiro atoms. The minimum Gasteiger partial charge on any atom is -0.396 e. The van der Waals surface area contributed by atoms with Crippen molar-refractivity contribution in [1.82, 2.24) is 0 Å². The van der Waals surface area contributed by atoms with Gasteiger partial charge in [0.1, 0.15) is 0 Å². The van der Waals surface area contributed by atoms with Crippen molar-refractivity contribution in [3.63, 3.8) is 0 Å². The van der Waals surface area contributed by atoms with Gasteiger partial charge in [0, 0.05) is 69.9 Å². The van der Waals surface area contributed by atoms with Gasteiger partial charge < -0.3 is 20.4 Å². The monoisotopic (exact) mass is 336 g/mol. The molecule has 0 fully saturated rings. The first-order valence-corrected chi connectivity index (χ1v) is 6.09. The smallest absolute Gasteiger partial charge is 0.0428 e. The maximum Gasteiger partial charge on any atom is 0.0428 e. The first kappa shape index (κ1) is 36.5. The van der Waals surface area contributed by atoms with E-state index in [0.717, 1.165) is 25.7 Å². The summed E-state index contributed by atoms with van der Waals surface area (Å²) in [6.45, 7) is 9.00. The van der Waals surface area contributed by atoms with Gasteiger partial charge in [-0.25, -0.2) is 0 Å². The minimum atomic E-state index is 0. The second-order valence-corrected chi connectivity index (χ2v) is 2.89. The molecule has 0 amide bonds. The summed E-state index contributed by atoms with van der Waals surface area (Å²) in [6, 6.07) is 0. The van der Waals surface area contributed by atoms with E-state index >= 15 is 0 Å². The van der Waals surface area contributed by atoms with E-state index in [1.807, 2.05) is 27.7 Å². The molecular weight excluding hydrogens is 304 g/mol. The van der Waals surface area contributed by atoms with Crippen LogP contribution in [0.2, 0.25) is 0 Å². The maximum absolute atomic E-state index is 7.88. The van der Waals surface area contributed by atoms with Gasteiger partial charge in [-0.2, -0.15) is 0 Å². The van der Waals surface area contributed by atoms with Gasteiger partial charge in [-0.1, -0.05) is 27.7 Å². The van der Waals surface area contributed by atoms with E-state index in [2.05, 4.69) is 0 Å². The molecule has 4 nitrogen and oxygen atoms in total. The van der Waals surface area contributed by atoms with Crippen molar-refractivity contribution < 1.29 is 63.9 Å². The Bertz CT molecular complexity index is 46.0. The van der Waals surface area contributed by atoms with Crippen LogP contribution in [0.1, 0.15) is 53.4 Å². The van der Waals surface area contributed by atoms with Crippen LogP contribution < -0.4 is 0 Å². The molecule has 0 unspecified atom stereocenters. The zero-order chi connectivity index (χ0) is 13.7. The molecule has 0 rings (SSSR count). The Balaban J connectivity index is -0.0000000257. The van der Waals surface area contributed by atoms with Crippen LogP contribution in [0, 0.1) is 0 Å². The Hall–Kier alpha value is 1.27. The van der Waals surface area contributed by atoms with Gasteiger partial charge in [0.15, 0.2) is 0 Å². The van der Waals surface area contributed by atoms with Crippen LogP contribution in [0.5, 0.6) is 0 Å². The van der Waals surface area contributed by atoms with Crippen LogP contribution in [0.4, 0.5) is 0 Å². The Morgan fingerprint density at radius 3 is 0.500 bits per heavy atom. The summed E-state index contributed by atoms with van der Waals surface area (Å²) < 4.78 is 0. The van der Waals surface area contributed by atoms with Crippen molar-refractivity contribution in [2.24, 2.45) is 0 Å². The number of hydrogen-bond donors (Lipinski definition) is 4. The third-order valence-corrected chi connectivity index (χ3v) is 0.894. The van der Waals surface area contributed by atoms with E-state index < -0.39 is 0 Å². The molecule has 0 aromatic rings. The van der Waals surface area contributed by atoms with Gasteiger partial charge in [0.2, 0.25) is 0 Å². The topological polar surface area (TPSA) is 80.9 Å². The Labute approximate surface area is 143 Å². The van der Waals surface area contributed by atoms with E-state index in [-0.39, 0.29) is 43.4 Å². The van der Waals surface area contributed by atoms with E-state index in [0.29, 0.717) is 26.4 Å². The van der Waals surface area contributed by atoms with Gasteiger partial charge in [-0.05, 0) is 25.7 Å². The van der Waals surface area contributed by atoms with E-state index in [1.54, 1.807) is 0 Å². The number of aliphatic hydroxyl groups is 4. The average Bonchev–Trinajstić information content (AvgIpc) is 2.39. The first-order valence-electron chi connectivity index (χ1n) is 6.09. The fraction of sp³-hybridized carbons (Fsp3) is 1.00. The molecule has 0 heterocycles. The van der Waals surface area contributed by atoms with Crippen LogP contribution >= 0.6 is 0 Å². The molecule has 6 heteroatoms. The van der Waals surface area contributed by atoms with Crippen molar-refractivity contribution in [2.75, 3.05) is 26.4 Å². The molecule has 0 aliphatic carbocycles. The van der Waals surface area contributed by atoms with Crippen LogP contribution in [0.25, 0.3) is 0 Å². The predicted molar refractivity (Wildman–Crippen MR) is 69.5 cm³/mol. The van der Waals surface area contributed by atoms with E-state index in [9.17, 15) is 0 Å². The van der Waals surface area contributed by atoms with E-state index in [1.165, 1.54) is 0 Å². The molecule has 112 valence electrons. The molecular formula is C12H32O4Ti2. The van der Waals surface area contributed by atoms with Crippen molar-refractivity contribution in [3.05, 3.63) is 0 Å². The second-order valence-electron chi connectivity index (χ2n) is 2.89. The van der Waals surface area contributed by atoms with Crippen molar-refractivity contribution in [3.8, 4) is 0 Å². The Morgan fingerprint density at radius 1 is 0.444 bits per heavy atom. The third-order valence-electron chi connectivity index (χ3n) is 0.894. The molecule has 0 bridgehead atoms. The van der Waals surface area contributed by atoms with Crippen molar-refractivity contribution in [1.29, 1.82) is 0 Å². The zero-order valence-corrected chi connectivity index (χ0v) is 15.6. The normalized spacial score (nSPS) is 6.67. The average molecular weight is 336 g/mol. The molecule has 18 heavy (non-hydrogen) atoms. The summed E-state index contributed by atoms with van der Waals surface area (Å²) >= 11 is 0. The standard InChI is InChI=1S/4C3H8O.2Ti/c4*1-2-3-4;;/h4*4H,2-3H2,1H3;;. The Kier molecular flexibility index (Phi) is 129. The molecule has 0 aliphatic heterocycles. The van der Waals surface area contributed by atoms with Gasteiger partial charge in [-0.3, -0.25) is 0 Å². The molecule has 0 aliphatic rings. The molecule has 4 N–H and O–H groups in total. The van der Waals surface area contributed by atoms with Gasteiger partial charge in [0.05, 0.1) is 0 Å². The molecule has 0 saturated carbocycles. The number of rotatable bonds is 4. The first-order chi connectivity index (χ1) is 7.66. The van der Waals surface area contributed by atoms with E-state index in [4.69, 9.17) is 20.4 Å². The molecule has 0 radical (unpaired) electrons. The van der Waals surface area contributed by atoms with Gasteiger partial charge in [-0.15, -0.1) is 0 Å². The van der Waals surface area contributed by atoms with Gasteiger partial charge >= 0.3 is 0 Å².